The van der Waals surface area contributed by atoms with E-state index in [1.54, 1.807) is 0 Å². The van der Waals surface area contributed by atoms with Gasteiger partial charge in [0.05, 0.1) is 12.2 Å². The van der Waals surface area contributed by atoms with Crippen molar-refractivity contribution in [2.75, 3.05) is 6.61 Å². The molecule has 20 heavy (non-hydrogen) atoms. The number of carbonyl (C=O) groups excluding carboxylic acids is 1. The first-order valence-corrected chi connectivity index (χ1v) is 7.88. The molecule has 0 spiro atoms. The lowest BCUT2D eigenvalue weighted by atomic mass is 9.66. The fraction of sp³-hybridized carbons (Fsp3) is 0.611. The van der Waals surface area contributed by atoms with Crippen molar-refractivity contribution in [3.05, 3.63) is 29.3 Å². The maximum absolute atomic E-state index is 13.0. The highest BCUT2D eigenvalue weighted by atomic mass is 16.5. The Morgan fingerprint density at radius 3 is 2.90 bits per heavy atom. The molecule has 0 amide bonds. The second kappa shape index (κ2) is 5.23. The summed E-state index contributed by atoms with van der Waals surface area (Å²) in [6.07, 6.45) is 6.69. The number of ether oxygens (including phenoxy) is 1. The van der Waals surface area contributed by atoms with Gasteiger partial charge in [-0.1, -0.05) is 38.8 Å². The van der Waals surface area contributed by atoms with E-state index in [1.165, 1.54) is 18.4 Å². The van der Waals surface area contributed by atoms with E-state index in [0.717, 1.165) is 43.6 Å². The molecule has 0 aromatic heterocycles. The highest BCUT2D eigenvalue weighted by Gasteiger charge is 2.38. The van der Waals surface area contributed by atoms with Gasteiger partial charge in [0.2, 0.25) is 0 Å². The Labute approximate surface area is 121 Å². The van der Waals surface area contributed by atoms with Gasteiger partial charge in [-0.05, 0) is 42.7 Å². The molecule has 0 bridgehead atoms. The second-order valence-electron chi connectivity index (χ2n) is 6.90. The lowest BCUT2D eigenvalue weighted by molar-refractivity contribution is 0.0692. The molecule has 0 radical (unpaired) electrons. The lowest BCUT2D eigenvalue weighted by Gasteiger charge is -2.38. The third-order valence-corrected chi connectivity index (χ3v) is 5.02. The van der Waals surface area contributed by atoms with Gasteiger partial charge in [0.25, 0.3) is 0 Å². The maximum atomic E-state index is 13.0. The van der Waals surface area contributed by atoms with Crippen LogP contribution in [-0.4, -0.2) is 12.4 Å². The monoisotopic (exact) mass is 272 g/mol. The van der Waals surface area contributed by atoms with Crippen molar-refractivity contribution in [3.63, 3.8) is 0 Å². The molecular formula is C18H24O2. The minimum absolute atomic E-state index is 0.118. The summed E-state index contributed by atoms with van der Waals surface area (Å²) in [6, 6.07) is 6.06. The lowest BCUT2D eigenvalue weighted by Crippen LogP contribution is -2.34. The highest BCUT2D eigenvalue weighted by Crippen LogP contribution is 2.43. The number of aryl methyl sites for hydroxylation is 1. The van der Waals surface area contributed by atoms with Gasteiger partial charge in [-0.2, -0.15) is 0 Å². The number of hydrogen-bond acceptors (Lipinski definition) is 2. The Morgan fingerprint density at radius 2 is 2.10 bits per heavy atom. The largest absolute Gasteiger partial charge is 0.493 e. The van der Waals surface area contributed by atoms with E-state index in [9.17, 15) is 4.79 Å². The smallest absolute Gasteiger partial charge is 0.170 e. The summed E-state index contributed by atoms with van der Waals surface area (Å²) in [7, 11) is 0. The van der Waals surface area contributed by atoms with Crippen LogP contribution < -0.4 is 4.74 Å². The molecule has 0 N–H and O–H groups in total. The van der Waals surface area contributed by atoms with Gasteiger partial charge in [-0.15, -0.1) is 0 Å². The SMILES string of the molecule is CC1(C)CCCCC1C(=O)c1cccc2c1OCCC2. The van der Waals surface area contributed by atoms with E-state index < -0.39 is 0 Å². The molecule has 2 aliphatic rings. The molecule has 1 aliphatic heterocycles. The Balaban J connectivity index is 1.94. The second-order valence-corrected chi connectivity index (χ2v) is 6.90. The zero-order chi connectivity index (χ0) is 14.2. The van der Waals surface area contributed by atoms with E-state index in [1.807, 2.05) is 12.1 Å². The van der Waals surface area contributed by atoms with Gasteiger partial charge in [0.15, 0.2) is 5.78 Å². The van der Waals surface area contributed by atoms with Crippen LogP contribution in [0.15, 0.2) is 18.2 Å². The van der Waals surface area contributed by atoms with Gasteiger partial charge >= 0.3 is 0 Å². The van der Waals surface area contributed by atoms with Crippen LogP contribution in [0.5, 0.6) is 5.75 Å². The van der Waals surface area contributed by atoms with Crippen molar-refractivity contribution in [2.24, 2.45) is 11.3 Å². The summed E-state index contributed by atoms with van der Waals surface area (Å²) in [4.78, 5) is 13.0. The van der Waals surface area contributed by atoms with Gasteiger partial charge < -0.3 is 4.74 Å². The maximum Gasteiger partial charge on any atom is 0.170 e. The summed E-state index contributed by atoms with van der Waals surface area (Å²) >= 11 is 0. The topological polar surface area (TPSA) is 26.3 Å². The van der Waals surface area contributed by atoms with E-state index in [-0.39, 0.29) is 11.3 Å². The van der Waals surface area contributed by atoms with E-state index in [0.29, 0.717) is 5.78 Å². The Hall–Kier alpha value is -1.31. The highest BCUT2D eigenvalue weighted by molar-refractivity contribution is 6.01. The molecule has 1 aromatic carbocycles. The van der Waals surface area contributed by atoms with Crippen LogP contribution in [0.1, 0.15) is 61.9 Å². The molecule has 1 aromatic rings. The van der Waals surface area contributed by atoms with Crippen molar-refractivity contribution in [2.45, 2.75) is 52.4 Å². The molecule has 1 saturated carbocycles. The average Bonchev–Trinajstić information content (AvgIpc) is 2.45. The number of fused-ring (bicyclic) bond motifs is 1. The molecule has 108 valence electrons. The van der Waals surface area contributed by atoms with Crippen LogP contribution in [0.25, 0.3) is 0 Å². The quantitative estimate of drug-likeness (QED) is 0.745. The first-order chi connectivity index (χ1) is 9.59. The number of Topliss-reactive ketones (excluding diaryl/α,β-unsaturated/α-hetero) is 1. The van der Waals surface area contributed by atoms with Crippen molar-refractivity contribution >= 4 is 5.78 Å². The molecule has 1 unspecified atom stereocenters. The minimum Gasteiger partial charge on any atom is -0.493 e. The van der Waals surface area contributed by atoms with E-state index in [2.05, 4.69) is 19.9 Å². The van der Waals surface area contributed by atoms with Crippen LogP contribution in [0, 0.1) is 11.3 Å². The minimum atomic E-state index is 0.118. The zero-order valence-corrected chi connectivity index (χ0v) is 12.6. The molecule has 2 nitrogen and oxygen atoms in total. The number of benzene rings is 1. The van der Waals surface area contributed by atoms with Crippen LogP contribution in [-0.2, 0) is 6.42 Å². The van der Waals surface area contributed by atoms with Crippen LogP contribution in [0.3, 0.4) is 0 Å². The normalized spacial score (nSPS) is 24.6. The number of carbonyl (C=O) groups is 1. The molecule has 1 heterocycles. The van der Waals surface area contributed by atoms with Crippen LogP contribution in [0.2, 0.25) is 0 Å². The third kappa shape index (κ3) is 2.36. The number of ketones is 1. The standard InChI is InChI=1S/C18H24O2/c1-18(2)11-4-3-10-15(18)16(19)14-9-5-7-13-8-6-12-20-17(13)14/h5,7,9,15H,3-4,6,8,10-12H2,1-2H3. The van der Waals surface area contributed by atoms with Gasteiger partial charge in [-0.3, -0.25) is 4.79 Å². The van der Waals surface area contributed by atoms with Gasteiger partial charge in [0.1, 0.15) is 5.75 Å². The van der Waals surface area contributed by atoms with Crippen LogP contribution in [0.4, 0.5) is 0 Å². The number of rotatable bonds is 2. The Bertz CT molecular complexity index is 516. The van der Waals surface area contributed by atoms with Gasteiger partial charge in [0, 0.05) is 5.92 Å². The molecule has 1 atom stereocenters. The Kier molecular flexibility index (Phi) is 3.57. The zero-order valence-electron chi connectivity index (χ0n) is 12.6. The molecular weight excluding hydrogens is 248 g/mol. The van der Waals surface area contributed by atoms with E-state index in [4.69, 9.17) is 4.74 Å². The number of hydrogen-bond donors (Lipinski definition) is 0. The molecule has 1 fully saturated rings. The summed E-state index contributed by atoms with van der Waals surface area (Å²) in [5.74, 6) is 1.31. The third-order valence-electron chi connectivity index (χ3n) is 5.02. The van der Waals surface area contributed by atoms with Crippen molar-refractivity contribution in [1.82, 2.24) is 0 Å². The first-order valence-electron chi connectivity index (χ1n) is 7.88. The fourth-order valence-corrected chi connectivity index (χ4v) is 3.75. The predicted molar refractivity (Wildman–Crippen MR) is 80.3 cm³/mol. The molecule has 0 saturated heterocycles. The van der Waals surface area contributed by atoms with Crippen molar-refractivity contribution in [3.8, 4) is 5.75 Å². The summed E-state index contributed by atoms with van der Waals surface area (Å²) in [5, 5.41) is 0. The summed E-state index contributed by atoms with van der Waals surface area (Å²) in [5.41, 5.74) is 2.14. The number of para-hydroxylation sites is 1. The van der Waals surface area contributed by atoms with Crippen molar-refractivity contribution < 1.29 is 9.53 Å². The molecule has 2 heteroatoms. The van der Waals surface area contributed by atoms with Crippen LogP contribution >= 0.6 is 0 Å². The average molecular weight is 272 g/mol. The predicted octanol–water partition coefficient (Wildman–Crippen LogP) is 4.41. The fourth-order valence-electron chi connectivity index (χ4n) is 3.75. The molecule has 3 rings (SSSR count). The van der Waals surface area contributed by atoms with E-state index >= 15 is 0 Å². The Morgan fingerprint density at radius 1 is 1.25 bits per heavy atom. The first kappa shape index (κ1) is 13.7. The van der Waals surface area contributed by atoms with Gasteiger partial charge in [-0.25, -0.2) is 0 Å². The van der Waals surface area contributed by atoms with Crippen molar-refractivity contribution in [1.29, 1.82) is 0 Å². The summed E-state index contributed by atoms with van der Waals surface area (Å²) in [6.45, 7) is 5.22. The summed E-state index contributed by atoms with van der Waals surface area (Å²) < 4.78 is 5.81. The molecule has 1 aliphatic carbocycles.